The monoisotopic (exact) mass is 381 g/mol. The largest absolute Gasteiger partial charge is 0.433 e. The molecule has 2 aromatic rings. The number of pyridine rings is 1. The van der Waals surface area contributed by atoms with Crippen LogP contribution < -0.4 is 10.6 Å². The van der Waals surface area contributed by atoms with Crippen LogP contribution in [0, 0.1) is 5.92 Å². The van der Waals surface area contributed by atoms with E-state index in [1.165, 1.54) is 12.4 Å². The van der Waals surface area contributed by atoms with E-state index < -0.39 is 17.8 Å². The molecule has 2 atom stereocenters. The van der Waals surface area contributed by atoms with Gasteiger partial charge < -0.3 is 15.7 Å². The van der Waals surface area contributed by atoms with Gasteiger partial charge in [-0.3, -0.25) is 4.79 Å². The summed E-state index contributed by atoms with van der Waals surface area (Å²) in [6.07, 6.45) is 1.34. The highest BCUT2D eigenvalue weighted by molar-refractivity contribution is 6.05. The number of aliphatic hydroxyl groups excluding tert-OH is 1. The van der Waals surface area contributed by atoms with Crippen molar-refractivity contribution in [2.24, 2.45) is 5.92 Å². The van der Waals surface area contributed by atoms with Gasteiger partial charge in [0, 0.05) is 24.9 Å². The first-order chi connectivity index (χ1) is 12.8. The first-order valence-electron chi connectivity index (χ1n) is 8.42. The molecule has 27 heavy (non-hydrogen) atoms. The van der Waals surface area contributed by atoms with E-state index in [0.29, 0.717) is 6.54 Å². The minimum Gasteiger partial charge on any atom is -0.393 e. The summed E-state index contributed by atoms with van der Waals surface area (Å²) in [7, 11) is 0. The smallest absolute Gasteiger partial charge is 0.393 e. The highest BCUT2D eigenvalue weighted by atomic mass is 19.4. The number of hydrogen-bond donors (Lipinski definition) is 3. The zero-order valence-electron chi connectivity index (χ0n) is 14.2. The lowest BCUT2D eigenvalue weighted by Gasteiger charge is -2.16. The van der Waals surface area contributed by atoms with E-state index in [4.69, 9.17) is 0 Å². The predicted molar refractivity (Wildman–Crippen MR) is 91.1 cm³/mol. The summed E-state index contributed by atoms with van der Waals surface area (Å²) in [5.41, 5.74) is -0.932. The maximum absolute atomic E-state index is 12.5. The number of rotatable bonds is 5. The van der Waals surface area contributed by atoms with Crippen molar-refractivity contribution in [1.29, 1.82) is 0 Å². The van der Waals surface area contributed by atoms with Gasteiger partial charge in [0.1, 0.15) is 5.69 Å². The van der Waals surface area contributed by atoms with Gasteiger partial charge in [0.2, 0.25) is 0 Å². The molecule has 0 bridgehead atoms. The Hall–Kier alpha value is -2.75. The zero-order valence-corrected chi connectivity index (χ0v) is 14.2. The molecule has 7 nitrogen and oxygen atoms in total. The van der Waals surface area contributed by atoms with Crippen LogP contribution in [0.4, 0.5) is 24.7 Å². The quantitative estimate of drug-likeness (QED) is 0.736. The molecule has 1 saturated carbocycles. The Morgan fingerprint density at radius 1 is 1.19 bits per heavy atom. The number of anilines is 2. The number of nitrogens with one attached hydrogen (secondary N) is 2. The number of halogens is 3. The van der Waals surface area contributed by atoms with Gasteiger partial charge in [-0.2, -0.15) is 13.2 Å². The predicted octanol–water partition coefficient (Wildman–Crippen LogP) is 2.72. The zero-order chi connectivity index (χ0) is 19.4. The van der Waals surface area contributed by atoms with Crippen molar-refractivity contribution < 1.29 is 23.1 Å². The average Bonchev–Trinajstić information content (AvgIpc) is 3.05. The number of aromatic nitrogens is 3. The van der Waals surface area contributed by atoms with Gasteiger partial charge >= 0.3 is 6.18 Å². The van der Waals surface area contributed by atoms with Crippen LogP contribution in [0.1, 0.15) is 35.4 Å². The van der Waals surface area contributed by atoms with Crippen LogP contribution in [0.25, 0.3) is 0 Å². The molecule has 1 fully saturated rings. The molecule has 3 N–H and O–H groups in total. The van der Waals surface area contributed by atoms with Crippen LogP contribution >= 0.6 is 0 Å². The molecule has 3 rings (SSSR count). The molecule has 2 heterocycles. The van der Waals surface area contributed by atoms with Crippen LogP contribution in [0.2, 0.25) is 0 Å². The fraction of sp³-hybridized carbons (Fsp3) is 0.412. The number of amides is 1. The van der Waals surface area contributed by atoms with Crippen molar-refractivity contribution in [2.75, 3.05) is 17.2 Å². The molecule has 0 unspecified atom stereocenters. The normalized spacial score (nSPS) is 19.7. The van der Waals surface area contributed by atoms with Crippen LogP contribution in [0.5, 0.6) is 0 Å². The Balaban J connectivity index is 1.67. The third-order valence-corrected chi connectivity index (χ3v) is 4.38. The summed E-state index contributed by atoms with van der Waals surface area (Å²) in [5.74, 6) is -0.310. The number of aliphatic hydroxyl groups is 1. The fourth-order valence-corrected chi connectivity index (χ4v) is 2.94. The second kappa shape index (κ2) is 7.87. The molecule has 0 aromatic carbocycles. The minimum absolute atomic E-state index is 0.00452. The van der Waals surface area contributed by atoms with Gasteiger partial charge in [-0.1, -0.05) is 6.42 Å². The van der Waals surface area contributed by atoms with Crippen LogP contribution in [0.3, 0.4) is 0 Å². The molecular formula is C17H18F3N5O2. The van der Waals surface area contributed by atoms with Crippen LogP contribution in [0.15, 0.2) is 30.7 Å². The molecule has 0 spiro atoms. The summed E-state index contributed by atoms with van der Waals surface area (Å²) < 4.78 is 37.6. The molecule has 10 heteroatoms. The van der Waals surface area contributed by atoms with E-state index in [2.05, 4.69) is 25.6 Å². The van der Waals surface area contributed by atoms with E-state index in [-0.39, 0.29) is 29.2 Å². The molecular weight excluding hydrogens is 363 g/mol. The van der Waals surface area contributed by atoms with Gasteiger partial charge in [-0.05, 0) is 25.0 Å². The Kier molecular flexibility index (Phi) is 5.54. The third-order valence-electron chi connectivity index (χ3n) is 4.38. The average molecular weight is 381 g/mol. The summed E-state index contributed by atoms with van der Waals surface area (Å²) in [4.78, 5) is 23.8. The topological polar surface area (TPSA) is 100 Å². The van der Waals surface area contributed by atoms with Crippen LogP contribution in [-0.2, 0) is 6.18 Å². The van der Waals surface area contributed by atoms with E-state index >= 15 is 0 Å². The molecule has 0 saturated heterocycles. The first kappa shape index (κ1) is 19.0. The maximum Gasteiger partial charge on any atom is 0.433 e. The maximum atomic E-state index is 12.5. The fourth-order valence-electron chi connectivity index (χ4n) is 2.94. The van der Waals surface area contributed by atoms with Gasteiger partial charge in [0.15, 0.2) is 11.5 Å². The molecule has 0 radical (unpaired) electrons. The van der Waals surface area contributed by atoms with Crippen molar-refractivity contribution in [3.8, 4) is 0 Å². The Bertz CT molecular complexity index is 798. The van der Waals surface area contributed by atoms with Crippen molar-refractivity contribution in [1.82, 2.24) is 15.0 Å². The highest BCUT2D eigenvalue weighted by Crippen LogP contribution is 2.28. The molecule has 1 aliphatic rings. The Labute approximate surface area is 153 Å². The second-order valence-electron chi connectivity index (χ2n) is 6.28. The molecule has 1 amide bonds. The SMILES string of the molecule is O=C(Nc1ccc(C(F)(F)F)nc1)c1nccnc1NC[C@@H]1CCC[C@@H]1O. The summed E-state index contributed by atoms with van der Waals surface area (Å²) in [5, 5.41) is 15.4. The molecule has 0 aliphatic heterocycles. The minimum atomic E-state index is -4.55. The van der Waals surface area contributed by atoms with E-state index in [1.807, 2.05) is 0 Å². The standard InChI is InChI=1S/C17H18F3N5O2/c18-17(19,20)13-5-4-11(9-23-13)25-16(27)14-15(22-7-6-21-14)24-8-10-2-1-3-12(10)26/h4-7,9-10,12,26H,1-3,8H2,(H,22,24)(H,25,27)/t10-,12-/m0/s1. The number of nitrogens with zero attached hydrogens (tertiary/aromatic N) is 3. The number of alkyl halides is 3. The van der Waals surface area contributed by atoms with Crippen molar-refractivity contribution in [2.45, 2.75) is 31.5 Å². The number of hydrogen-bond acceptors (Lipinski definition) is 6. The van der Waals surface area contributed by atoms with Crippen LogP contribution in [-0.4, -0.2) is 38.6 Å². The second-order valence-corrected chi connectivity index (χ2v) is 6.28. The lowest BCUT2D eigenvalue weighted by atomic mass is 10.1. The molecule has 2 aromatic heterocycles. The first-order valence-corrected chi connectivity index (χ1v) is 8.42. The summed E-state index contributed by atoms with van der Waals surface area (Å²) in [6, 6.07) is 1.90. The lowest BCUT2D eigenvalue weighted by molar-refractivity contribution is -0.141. The number of carbonyl (C=O) groups excluding carboxylic acids is 1. The highest BCUT2D eigenvalue weighted by Gasteiger charge is 2.32. The third kappa shape index (κ3) is 4.70. The summed E-state index contributed by atoms with van der Waals surface area (Å²) in [6.45, 7) is 0.446. The van der Waals surface area contributed by atoms with Crippen molar-refractivity contribution in [3.63, 3.8) is 0 Å². The molecule has 1 aliphatic carbocycles. The summed E-state index contributed by atoms with van der Waals surface area (Å²) >= 11 is 0. The van der Waals surface area contributed by atoms with E-state index in [9.17, 15) is 23.1 Å². The van der Waals surface area contributed by atoms with E-state index in [0.717, 1.165) is 37.6 Å². The van der Waals surface area contributed by atoms with Crippen molar-refractivity contribution >= 4 is 17.4 Å². The Morgan fingerprint density at radius 2 is 1.96 bits per heavy atom. The van der Waals surface area contributed by atoms with Gasteiger partial charge in [-0.15, -0.1) is 0 Å². The van der Waals surface area contributed by atoms with Gasteiger partial charge in [0.05, 0.1) is 18.0 Å². The lowest BCUT2D eigenvalue weighted by Crippen LogP contribution is -2.24. The number of carbonyl (C=O) groups is 1. The van der Waals surface area contributed by atoms with Gasteiger partial charge in [-0.25, -0.2) is 15.0 Å². The van der Waals surface area contributed by atoms with E-state index in [1.54, 1.807) is 0 Å². The molecule has 144 valence electrons. The van der Waals surface area contributed by atoms with Crippen molar-refractivity contribution in [3.05, 3.63) is 42.1 Å². The Morgan fingerprint density at radius 3 is 2.59 bits per heavy atom. The van der Waals surface area contributed by atoms with Gasteiger partial charge in [0.25, 0.3) is 5.91 Å².